The van der Waals surface area contributed by atoms with Gasteiger partial charge in [-0.05, 0) is 25.7 Å². The van der Waals surface area contributed by atoms with Gasteiger partial charge >= 0.3 is 0 Å². The molecule has 0 heterocycles. The Labute approximate surface area is 88.5 Å². The first-order valence-electron chi connectivity index (χ1n) is 5.02. The normalized spacial score (nSPS) is 14.0. The summed E-state index contributed by atoms with van der Waals surface area (Å²) in [7, 11) is -1.41. The van der Waals surface area contributed by atoms with E-state index in [2.05, 4.69) is 20.8 Å². The van der Waals surface area contributed by atoms with Crippen LogP contribution >= 0.6 is 0 Å². The zero-order valence-corrected chi connectivity index (χ0v) is 11.0. The molecule has 3 nitrogen and oxygen atoms in total. The average molecular weight is 221 g/mol. The Balaban J connectivity index is 4.30. The SMILES string of the molecule is CC(C)S(=O)(=O)N(C)CCC(C)(C)C. The molecule has 0 aliphatic heterocycles. The van der Waals surface area contributed by atoms with E-state index < -0.39 is 10.0 Å². The zero-order valence-electron chi connectivity index (χ0n) is 10.2. The van der Waals surface area contributed by atoms with Crippen molar-refractivity contribution in [3.8, 4) is 0 Å². The van der Waals surface area contributed by atoms with Gasteiger partial charge in [0, 0.05) is 13.6 Å². The molecule has 0 N–H and O–H groups in total. The topological polar surface area (TPSA) is 37.4 Å². The van der Waals surface area contributed by atoms with Crippen LogP contribution in [0.5, 0.6) is 0 Å². The van der Waals surface area contributed by atoms with Gasteiger partial charge in [0.2, 0.25) is 10.0 Å². The van der Waals surface area contributed by atoms with Gasteiger partial charge in [-0.25, -0.2) is 12.7 Å². The van der Waals surface area contributed by atoms with Crippen LogP contribution in [0.3, 0.4) is 0 Å². The summed E-state index contributed by atoms with van der Waals surface area (Å²) in [6.07, 6.45) is 0.884. The number of hydrogen-bond donors (Lipinski definition) is 0. The lowest BCUT2D eigenvalue weighted by Gasteiger charge is -2.24. The first kappa shape index (κ1) is 13.9. The maximum atomic E-state index is 11.7. The fourth-order valence-corrected chi connectivity index (χ4v) is 2.05. The molecule has 0 fully saturated rings. The fraction of sp³-hybridized carbons (Fsp3) is 1.00. The summed E-state index contributed by atoms with van der Waals surface area (Å²) in [5.41, 5.74) is 0.181. The minimum atomic E-state index is -3.07. The van der Waals surface area contributed by atoms with Crippen molar-refractivity contribution in [1.29, 1.82) is 0 Å². The van der Waals surface area contributed by atoms with E-state index in [4.69, 9.17) is 0 Å². The Morgan fingerprint density at radius 3 is 1.93 bits per heavy atom. The maximum Gasteiger partial charge on any atom is 0.216 e. The van der Waals surface area contributed by atoms with Crippen molar-refractivity contribution < 1.29 is 8.42 Å². The molecule has 0 aromatic heterocycles. The third-order valence-electron chi connectivity index (χ3n) is 2.21. The molecule has 0 bridgehead atoms. The third-order valence-corrected chi connectivity index (χ3v) is 4.45. The van der Waals surface area contributed by atoms with Gasteiger partial charge in [0.25, 0.3) is 0 Å². The van der Waals surface area contributed by atoms with Crippen LogP contribution in [0.2, 0.25) is 0 Å². The second-order valence-electron chi connectivity index (χ2n) is 5.23. The van der Waals surface area contributed by atoms with E-state index in [-0.39, 0.29) is 10.7 Å². The summed E-state index contributed by atoms with van der Waals surface area (Å²) >= 11 is 0. The molecule has 0 amide bonds. The second-order valence-corrected chi connectivity index (χ2v) is 7.82. The van der Waals surface area contributed by atoms with Gasteiger partial charge in [-0.2, -0.15) is 0 Å². The van der Waals surface area contributed by atoms with Crippen LogP contribution in [0.25, 0.3) is 0 Å². The highest BCUT2D eigenvalue weighted by molar-refractivity contribution is 7.89. The van der Waals surface area contributed by atoms with E-state index in [0.717, 1.165) is 6.42 Å². The number of rotatable bonds is 4. The minimum absolute atomic E-state index is 0.181. The molecule has 4 heteroatoms. The molecule has 0 radical (unpaired) electrons. The molecule has 0 aliphatic rings. The minimum Gasteiger partial charge on any atom is -0.212 e. The molecule has 0 aliphatic carbocycles. The van der Waals surface area contributed by atoms with Crippen molar-refractivity contribution in [3.05, 3.63) is 0 Å². The molecule has 14 heavy (non-hydrogen) atoms. The molecular formula is C10H23NO2S. The summed E-state index contributed by atoms with van der Waals surface area (Å²) in [5.74, 6) is 0. The Kier molecular flexibility index (Phi) is 4.59. The van der Waals surface area contributed by atoms with Gasteiger partial charge < -0.3 is 0 Å². The van der Waals surface area contributed by atoms with E-state index >= 15 is 0 Å². The molecule has 86 valence electrons. The predicted octanol–water partition coefficient (Wildman–Crippen LogP) is 2.09. The van der Waals surface area contributed by atoms with E-state index in [9.17, 15) is 8.42 Å². The van der Waals surface area contributed by atoms with Crippen molar-refractivity contribution in [2.75, 3.05) is 13.6 Å². The van der Waals surface area contributed by atoms with Crippen LogP contribution in [-0.4, -0.2) is 31.6 Å². The largest absolute Gasteiger partial charge is 0.216 e. The molecule has 0 saturated carbocycles. The highest BCUT2D eigenvalue weighted by Crippen LogP contribution is 2.19. The molecule has 0 unspecified atom stereocenters. The van der Waals surface area contributed by atoms with Gasteiger partial charge in [-0.15, -0.1) is 0 Å². The lowest BCUT2D eigenvalue weighted by atomic mass is 9.92. The van der Waals surface area contributed by atoms with Gasteiger partial charge in [-0.3, -0.25) is 0 Å². The molecule has 0 rings (SSSR count). The Bertz CT molecular complexity index is 262. The van der Waals surface area contributed by atoms with Crippen LogP contribution in [0.1, 0.15) is 41.0 Å². The Hall–Kier alpha value is -0.0900. The summed E-state index contributed by atoms with van der Waals surface area (Å²) in [4.78, 5) is 0. The highest BCUT2D eigenvalue weighted by atomic mass is 32.2. The van der Waals surface area contributed by atoms with Gasteiger partial charge in [0.1, 0.15) is 0 Å². The highest BCUT2D eigenvalue weighted by Gasteiger charge is 2.23. The van der Waals surface area contributed by atoms with E-state index in [0.29, 0.717) is 6.54 Å². The Morgan fingerprint density at radius 2 is 1.64 bits per heavy atom. The van der Waals surface area contributed by atoms with Crippen molar-refractivity contribution in [3.63, 3.8) is 0 Å². The molecule has 0 saturated heterocycles. The zero-order chi connectivity index (χ0) is 11.6. The van der Waals surface area contributed by atoms with Crippen LogP contribution in [0.15, 0.2) is 0 Å². The number of nitrogens with zero attached hydrogens (tertiary/aromatic N) is 1. The fourth-order valence-electron chi connectivity index (χ4n) is 0.980. The smallest absolute Gasteiger partial charge is 0.212 e. The summed E-state index contributed by atoms with van der Waals surface area (Å²) in [6, 6.07) is 0. The lowest BCUT2D eigenvalue weighted by molar-refractivity contribution is 0.330. The second kappa shape index (κ2) is 4.62. The van der Waals surface area contributed by atoms with Crippen molar-refractivity contribution in [2.24, 2.45) is 5.41 Å². The molecule has 0 atom stereocenters. The first-order valence-corrected chi connectivity index (χ1v) is 6.53. The Morgan fingerprint density at radius 1 is 1.21 bits per heavy atom. The van der Waals surface area contributed by atoms with E-state index in [1.54, 1.807) is 20.9 Å². The molecular weight excluding hydrogens is 198 g/mol. The van der Waals surface area contributed by atoms with Crippen molar-refractivity contribution >= 4 is 10.0 Å². The number of sulfonamides is 1. The summed E-state index contributed by atoms with van der Waals surface area (Å²) in [6.45, 7) is 10.4. The van der Waals surface area contributed by atoms with Crippen molar-refractivity contribution in [2.45, 2.75) is 46.3 Å². The third kappa shape index (κ3) is 4.42. The molecule has 0 spiro atoms. The predicted molar refractivity (Wildman–Crippen MR) is 60.8 cm³/mol. The van der Waals surface area contributed by atoms with Gasteiger partial charge in [0.15, 0.2) is 0 Å². The average Bonchev–Trinajstić information content (AvgIpc) is 1.98. The monoisotopic (exact) mass is 221 g/mol. The molecule has 0 aromatic carbocycles. The number of hydrogen-bond acceptors (Lipinski definition) is 2. The quantitative estimate of drug-likeness (QED) is 0.729. The van der Waals surface area contributed by atoms with Crippen LogP contribution < -0.4 is 0 Å². The summed E-state index contributed by atoms with van der Waals surface area (Å²) < 4.78 is 24.8. The van der Waals surface area contributed by atoms with Crippen LogP contribution in [-0.2, 0) is 10.0 Å². The standard InChI is InChI=1S/C10H23NO2S/c1-9(2)14(12,13)11(6)8-7-10(3,4)5/h9H,7-8H2,1-6H3. The van der Waals surface area contributed by atoms with Crippen LogP contribution in [0.4, 0.5) is 0 Å². The van der Waals surface area contributed by atoms with E-state index in [1.165, 1.54) is 4.31 Å². The molecule has 0 aromatic rings. The van der Waals surface area contributed by atoms with E-state index in [1.807, 2.05) is 0 Å². The first-order chi connectivity index (χ1) is 6.07. The summed E-state index contributed by atoms with van der Waals surface area (Å²) in [5, 5.41) is -0.326. The van der Waals surface area contributed by atoms with Gasteiger partial charge in [-0.1, -0.05) is 20.8 Å². The van der Waals surface area contributed by atoms with Crippen LogP contribution in [0, 0.1) is 5.41 Å². The lowest BCUT2D eigenvalue weighted by Crippen LogP contribution is -2.35. The van der Waals surface area contributed by atoms with Gasteiger partial charge in [0.05, 0.1) is 5.25 Å². The maximum absolute atomic E-state index is 11.7. The van der Waals surface area contributed by atoms with Crippen molar-refractivity contribution in [1.82, 2.24) is 4.31 Å².